The SMILES string of the molecule is COc1ccc(N2C[C@@H](C(=O)N[C@H](C)CCCC(C)C)CC2=O)c(OC)c1. The molecule has 1 heterocycles. The molecular weight excluding hydrogens is 344 g/mol. The number of carbonyl (C=O) groups excluding carboxylic acids is 2. The molecule has 1 saturated heterocycles. The lowest BCUT2D eigenvalue weighted by atomic mass is 10.0. The molecular formula is C21H32N2O4. The summed E-state index contributed by atoms with van der Waals surface area (Å²) in [5.74, 6) is 1.45. The molecule has 1 aromatic carbocycles. The molecule has 1 aliphatic rings. The van der Waals surface area contributed by atoms with E-state index in [9.17, 15) is 9.59 Å². The Kier molecular flexibility index (Phi) is 7.51. The van der Waals surface area contributed by atoms with Crippen molar-refractivity contribution >= 4 is 17.5 Å². The highest BCUT2D eigenvalue weighted by Crippen LogP contribution is 2.35. The largest absolute Gasteiger partial charge is 0.497 e. The molecule has 1 fully saturated rings. The fourth-order valence-electron chi connectivity index (χ4n) is 3.39. The molecule has 0 spiro atoms. The molecule has 6 nitrogen and oxygen atoms in total. The van der Waals surface area contributed by atoms with Crippen molar-refractivity contribution in [1.29, 1.82) is 0 Å². The van der Waals surface area contributed by atoms with Gasteiger partial charge in [0.1, 0.15) is 11.5 Å². The first-order valence-corrected chi connectivity index (χ1v) is 9.68. The predicted molar refractivity (Wildman–Crippen MR) is 106 cm³/mol. The quantitative estimate of drug-likeness (QED) is 0.717. The Labute approximate surface area is 162 Å². The van der Waals surface area contributed by atoms with Gasteiger partial charge < -0.3 is 19.7 Å². The van der Waals surface area contributed by atoms with Gasteiger partial charge in [-0.05, 0) is 31.4 Å². The van der Waals surface area contributed by atoms with Gasteiger partial charge in [0.05, 0.1) is 25.8 Å². The average Bonchev–Trinajstić information content (AvgIpc) is 3.02. The molecule has 2 amide bonds. The number of anilines is 1. The summed E-state index contributed by atoms with van der Waals surface area (Å²) >= 11 is 0. The second-order valence-electron chi connectivity index (χ2n) is 7.68. The van der Waals surface area contributed by atoms with Crippen LogP contribution in [0.5, 0.6) is 11.5 Å². The highest BCUT2D eigenvalue weighted by Gasteiger charge is 2.36. The number of ether oxygens (including phenoxy) is 2. The first-order valence-electron chi connectivity index (χ1n) is 9.68. The minimum absolute atomic E-state index is 0.0459. The lowest BCUT2D eigenvalue weighted by Gasteiger charge is -2.21. The van der Waals surface area contributed by atoms with Gasteiger partial charge >= 0.3 is 0 Å². The van der Waals surface area contributed by atoms with Crippen molar-refractivity contribution in [2.45, 2.75) is 52.5 Å². The molecule has 2 atom stereocenters. The fourth-order valence-corrected chi connectivity index (χ4v) is 3.39. The number of nitrogens with zero attached hydrogens (tertiary/aromatic N) is 1. The van der Waals surface area contributed by atoms with Crippen molar-refractivity contribution in [2.75, 3.05) is 25.7 Å². The minimum atomic E-state index is -0.336. The highest BCUT2D eigenvalue weighted by molar-refractivity contribution is 6.01. The van der Waals surface area contributed by atoms with Crippen molar-refractivity contribution in [3.63, 3.8) is 0 Å². The molecule has 1 aromatic rings. The number of carbonyl (C=O) groups is 2. The Morgan fingerprint density at radius 1 is 1.22 bits per heavy atom. The third-order valence-electron chi connectivity index (χ3n) is 4.98. The van der Waals surface area contributed by atoms with Crippen molar-refractivity contribution in [3.05, 3.63) is 18.2 Å². The van der Waals surface area contributed by atoms with E-state index in [0.29, 0.717) is 29.6 Å². The van der Waals surface area contributed by atoms with E-state index in [1.165, 1.54) is 0 Å². The van der Waals surface area contributed by atoms with Crippen LogP contribution >= 0.6 is 0 Å². The van der Waals surface area contributed by atoms with E-state index >= 15 is 0 Å². The van der Waals surface area contributed by atoms with Gasteiger partial charge in [-0.2, -0.15) is 0 Å². The molecule has 0 aliphatic carbocycles. The van der Waals surface area contributed by atoms with Crippen LogP contribution in [0, 0.1) is 11.8 Å². The number of hydrogen-bond acceptors (Lipinski definition) is 4. The van der Waals surface area contributed by atoms with Gasteiger partial charge in [0.2, 0.25) is 11.8 Å². The van der Waals surface area contributed by atoms with Crippen LogP contribution in [0.15, 0.2) is 18.2 Å². The van der Waals surface area contributed by atoms with E-state index in [-0.39, 0.29) is 30.2 Å². The van der Waals surface area contributed by atoms with Crippen LogP contribution < -0.4 is 19.7 Å². The summed E-state index contributed by atoms with van der Waals surface area (Å²) in [5, 5.41) is 3.07. The summed E-state index contributed by atoms with van der Waals surface area (Å²) in [4.78, 5) is 26.7. The summed E-state index contributed by atoms with van der Waals surface area (Å²) in [6, 6.07) is 5.45. The number of nitrogens with one attached hydrogen (secondary N) is 1. The zero-order chi connectivity index (χ0) is 20.0. The summed E-state index contributed by atoms with van der Waals surface area (Å²) in [6.07, 6.45) is 3.44. The summed E-state index contributed by atoms with van der Waals surface area (Å²) in [6.45, 7) is 6.80. The maximum Gasteiger partial charge on any atom is 0.227 e. The maximum atomic E-state index is 12.6. The molecule has 0 aromatic heterocycles. The molecule has 0 bridgehead atoms. The number of benzene rings is 1. The lowest BCUT2D eigenvalue weighted by molar-refractivity contribution is -0.126. The van der Waals surface area contributed by atoms with Crippen molar-refractivity contribution < 1.29 is 19.1 Å². The predicted octanol–water partition coefficient (Wildman–Crippen LogP) is 3.39. The smallest absolute Gasteiger partial charge is 0.227 e. The Bertz CT molecular complexity index is 660. The van der Waals surface area contributed by atoms with E-state index < -0.39 is 0 Å². The monoisotopic (exact) mass is 376 g/mol. The maximum absolute atomic E-state index is 12.6. The summed E-state index contributed by atoms with van der Waals surface area (Å²) in [5.41, 5.74) is 0.670. The lowest BCUT2D eigenvalue weighted by Crippen LogP contribution is -2.38. The van der Waals surface area contributed by atoms with Gasteiger partial charge in [0.25, 0.3) is 0 Å². The third-order valence-corrected chi connectivity index (χ3v) is 4.98. The highest BCUT2D eigenvalue weighted by atomic mass is 16.5. The van der Waals surface area contributed by atoms with Gasteiger partial charge in [0.15, 0.2) is 0 Å². The van der Waals surface area contributed by atoms with Gasteiger partial charge in [-0.15, -0.1) is 0 Å². The van der Waals surface area contributed by atoms with Crippen LogP contribution in [0.2, 0.25) is 0 Å². The van der Waals surface area contributed by atoms with E-state index in [2.05, 4.69) is 19.2 Å². The van der Waals surface area contributed by atoms with Crippen molar-refractivity contribution in [1.82, 2.24) is 5.32 Å². The first kappa shape index (κ1) is 21.1. The number of amides is 2. The van der Waals surface area contributed by atoms with Crippen LogP contribution in [-0.2, 0) is 9.59 Å². The van der Waals surface area contributed by atoms with E-state index in [1.54, 1.807) is 37.3 Å². The normalized spacial score (nSPS) is 17.9. The van der Waals surface area contributed by atoms with Crippen molar-refractivity contribution in [3.8, 4) is 11.5 Å². The average molecular weight is 376 g/mol. The molecule has 6 heteroatoms. The zero-order valence-electron chi connectivity index (χ0n) is 17.1. The van der Waals surface area contributed by atoms with E-state index in [1.807, 2.05) is 6.92 Å². The Balaban J connectivity index is 1.97. The Morgan fingerprint density at radius 2 is 1.96 bits per heavy atom. The van der Waals surface area contributed by atoms with Gasteiger partial charge in [-0.25, -0.2) is 0 Å². The second kappa shape index (κ2) is 9.62. The van der Waals surface area contributed by atoms with Crippen LogP contribution in [0.3, 0.4) is 0 Å². The van der Waals surface area contributed by atoms with Crippen molar-refractivity contribution in [2.24, 2.45) is 11.8 Å². The molecule has 0 saturated carbocycles. The Morgan fingerprint density at radius 3 is 2.59 bits per heavy atom. The number of rotatable bonds is 9. The van der Waals surface area contributed by atoms with Crippen LogP contribution in [0.25, 0.3) is 0 Å². The van der Waals surface area contributed by atoms with Crippen LogP contribution in [0.1, 0.15) is 46.5 Å². The molecule has 27 heavy (non-hydrogen) atoms. The molecule has 2 rings (SSSR count). The summed E-state index contributed by atoms with van der Waals surface area (Å²) < 4.78 is 10.6. The summed E-state index contributed by atoms with van der Waals surface area (Å²) in [7, 11) is 3.14. The third kappa shape index (κ3) is 5.62. The standard InChI is InChI=1S/C21H32N2O4/c1-14(2)7-6-8-15(3)22-21(25)16-11-20(24)23(13-16)18-10-9-17(26-4)12-19(18)27-5/h9-10,12,14-16H,6-8,11,13H2,1-5H3,(H,22,25)/t15-,16+/m1/s1. The molecule has 1 aliphatic heterocycles. The van der Waals surface area contributed by atoms with Gasteiger partial charge in [-0.3, -0.25) is 9.59 Å². The van der Waals surface area contributed by atoms with Crippen LogP contribution in [0.4, 0.5) is 5.69 Å². The first-order chi connectivity index (χ1) is 12.8. The minimum Gasteiger partial charge on any atom is -0.497 e. The van der Waals surface area contributed by atoms with Crippen LogP contribution in [-0.4, -0.2) is 38.6 Å². The molecule has 0 unspecified atom stereocenters. The number of hydrogen-bond donors (Lipinski definition) is 1. The Hall–Kier alpha value is -2.24. The molecule has 0 radical (unpaired) electrons. The molecule has 1 N–H and O–H groups in total. The van der Waals surface area contributed by atoms with Gasteiger partial charge in [0, 0.05) is 25.1 Å². The number of methoxy groups -OCH3 is 2. The zero-order valence-corrected chi connectivity index (χ0v) is 17.1. The van der Waals surface area contributed by atoms with E-state index in [0.717, 1.165) is 19.3 Å². The van der Waals surface area contributed by atoms with Gasteiger partial charge in [-0.1, -0.05) is 26.7 Å². The fraction of sp³-hybridized carbons (Fsp3) is 0.619. The second-order valence-corrected chi connectivity index (χ2v) is 7.68. The van der Waals surface area contributed by atoms with E-state index in [4.69, 9.17) is 9.47 Å². The topological polar surface area (TPSA) is 67.9 Å². The molecule has 150 valence electrons.